The monoisotopic (exact) mass is 315 g/mol. The second-order valence-electron chi connectivity index (χ2n) is 4.79. The maximum atomic E-state index is 11.0. The van der Waals surface area contributed by atoms with Gasteiger partial charge in [0.15, 0.2) is 0 Å². The second-order valence-corrected chi connectivity index (χ2v) is 6.63. The van der Waals surface area contributed by atoms with E-state index >= 15 is 0 Å². The summed E-state index contributed by atoms with van der Waals surface area (Å²) in [6, 6.07) is 0. The lowest BCUT2D eigenvalue weighted by atomic mass is 10.2. The number of sulfonamides is 1. The Hall–Kier alpha value is -1.41. The zero-order valence-corrected chi connectivity index (χ0v) is 14.0. The number of hydrogen-bond acceptors (Lipinski definition) is 6. The maximum Gasteiger partial charge on any atom is 0.208 e. The molecule has 7 nitrogen and oxygen atoms in total. The number of hydrogen-bond donors (Lipinski definition) is 3. The highest BCUT2D eigenvalue weighted by atomic mass is 32.2. The summed E-state index contributed by atoms with van der Waals surface area (Å²) < 4.78 is 24.4. The van der Waals surface area contributed by atoms with Crippen molar-refractivity contribution in [3.05, 3.63) is 11.4 Å². The van der Waals surface area contributed by atoms with Crippen LogP contribution in [0.25, 0.3) is 0 Å². The van der Waals surface area contributed by atoms with Crippen LogP contribution in [0.3, 0.4) is 0 Å². The fourth-order valence-corrected chi connectivity index (χ4v) is 2.30. The first-order valence-electron chi connectivity index (χ1n) is 7.17. The highest BCUT2D eigenvalue weighted by molar-refractivity contribution is 7.88. The van der Waals surface area contributed by atoms with Crippen molar-refractivity contribution in [2.24, 2.45) is 0 Å². The molecule has 0 aliphatic heterocycles. The Morgan fingerprint density at radius 1 is 1.05 bits per heavy atom. The number of nitrogens with zero attached hydrogens (tertiary/aromatic N) is 2. The summed E-state index contributed by atoms with van der Waals surface area (Å²) in [7, 11) is -3.12. The molecule has 1 aromatic rings. The van der Waals surface area contributed by atoms with Crippen molar-refractivity contribution in [1.82, 2.24) is 14.7 Å². The van der Waals surface area contributed by atoms with Gasteiger partial charge in [0.1, 0.15) is 17.5 Å². The van der Waals surface area contributed by atoms with Gasteiger partial charge in [-0.25, -0.2) is 23.1 Å². The van der Waals surface area contributed by atoms with Gasteiger partial charge in [-0.15, -0.1) is 0 Å². The van der Waals surface area contributed by atoms with Crippen LogP contribution >= 0.6 is 0 Å². The Balaban J connectivity index is 2.63. The highest BCUT2D eigenvalue weighted by Crippen LogP contribution is 2.20. The van der Waals surface area contributed by atoms with Crippen LogP contribution < -0.4 is 15.4 Å². The van der Waals surface area contributed by atoms with Crippen LogP contribution in [0.5, 0.6) is 0 Å². The molecule has 0 fully saturated rings. The SMILES string of the molecule is CCNc1nc(CC)nc(NCCCNS(C)(=O)=O)c1C. The molecule has 0 spiro atoms. The van der Waals surface area contributed by atoms with Gasteiger partial charge in [0.2, 0.25) is 10.0 Å². The minimum atomic E-state index is -3.12. The lowest BCUT2D eigenvalue weighted by Gasteiger charge is -2.14. The first-order chi connectivity index (χ1) is 9.87. The van der Waals surface area contributed by atoms with Gasteiger partial charge in [-0.3, -0.25) is 0 Å². The van der Waals surface area contributed by atoms with Gasteiger partial charge in [-0.2, -0.15) is 0 Å². The molecule has 0 saturated carbocycles. The van der Waals surface area contributed by atoms with Gasteiger partial charge < -0.3 is 10.6 Å². The summed E-state index contributed by atoms with van der Waals surface area (Å²) in [6.07, 6.45) is 2.61. The molecule has 8 heteroatoms. The maximum absolute atomic E-state index is 11.0. The van der Waals surface area contributed by atoms with Crippen molar-refractivity contribution in [2.75, 3.05) is 36.5 Å². The summed E-state index contributed by atoms with van der Waals surface area (Å²) in [5.41, 5.74) is 0.977. The number of nitrogens with one attached hydrogen (secondary N) is 3. The lowest BCUT2D eigenvalue weighted by Crippen LogP contribution is -2.24. The molecule has 21 heavy (non-hydrogen) atoms. The molecule has 120 valence electrons. The molecule has 0 aliphatic rings. The van der Waals surface area contributed by atoms with Gasteiger partial charge in [0.25, 0.3) is 0 Å². The van der Waals surface area contributed by atoms with Crippen LogP contribution in [0.1, 0.15) is 31.7 Å². The van der Waals surface area contributed by atoms with Crippen molar-refractivity contribution in [1.29, 1.82) is 0 Å². The number of rotatable bonds is 9. The van der Waals surface area contributed by atoms with Crippen molar-refractivity contribution in [2.45, 2.75) is 33.6 Å². The Labute approximate surface area is 127 Å². The molecule has 1 rings (SSSR count). The van der Waals surface area contributed by atoms with Crippen molar-refractivity contribution >= 4 is 21.7 Å². The van der Waals surface area contributed by atoms with Gasteiger partial charge in [0, 0.05) is 31.6 Å². The summed E-state index contributed by atoms with van der Waals surface area (Å²) in [5.74, 6) is 2.44. The predicted molar refractivity (Wildman–Crippen MR) is 86.3 cm³/mol. The molecule has 0 saturated heterocycles. The van der Waals surface area contributed by atoms with Gasteiger partial charge in [-0.05, 0) is 20.3 Å². The predicted octanol–water partition coefficient (Wildman–Crippen LogP) is 1.13. The lowest BCUT2D eigenvalue weighted by molar-refractivity contribution is 0.586. The van der Waals surface area contributed by atoms with Crippen LogP contribution in [0.2, 0.25) is 0 Å². The van der Waals surface area contributed by atoms with Crippen LogP contribution in [-0.2, 0) is 16.4 Å². The highest BCUT2D eigenvalue weighted by Gasteiger charge is 2.09. The van der Waals surface area contributed by atoms with E-state index in [4.69, 9.17) is 0 Å². The smallest absolute Gasteiger partial charge is 0.208 e. The van der Waals surface area contributed by atoms with E-state index in [-0.39, 0.29) is 0 Å². The molecular formula is C13H25N5O2S. The Morgan fingerprint density at radius 2 is 1.67 bits per heavy atom. The first-order valence-corrected chi connectivity index (χ1v) is 9.06. The van der Waals surface area contributed by atoms with E-state index in [2.05, 4.69) is 25.3 Å². The zero-order chi connectivity index (χ0) is 15.9. The zero-order valence-electron chi connectivity index (χ0n) is 13.2. The number of aromatic nitrogens is 2. The average molecular weight is 315 g/mol. The Bertz CT molecular complexity index is 560. The largest absolute Gasteiger partial charge is 0.370 e. The molecule has 3 N–H and O–H groups in total. The van der Waals surface area contributed by atoms with Gasteiger partial charge >= 0.3 is 0 Å². The van der Waals surface area contributed by atoms with Crippen LogP contribution in [0, 0.1) is 6.92 Å². The van der Waals surface area contributed by atoms with Crippen molar-refractivity contribution in [3.63, 3.8) is 0 Å². The molecule has 0 aromatic carbocycles. The van der Waals surface area contributed by atoms with E-state index in [1.807, 2.05) is 20.8 Å². The molecule has 0 unspecified atom stereocenters. The quantitative estimate of drug-likeness (QED) is 0.591. The molecule has 0 amide bonds. The molecule has 1 aromatic heterocycles. The fraction of sp³-hybridized carbons (Fsp3) is 0.692. The summed E-state index contributed by atoms with van der Waals surface area (Å²) in [4.78, 5) is 8.94. The minimum absolute atomic E-state index is 0.413. The third-order valence-corrected chi connectivity index (χ3v) is 3.59. The van der Waals surface area contributed by atoms with E-state index in [0.29, 0.717) is 19.5 Å². The first kappa shape index (κ1) is 17.6. The Morgan fingerprint density at radius 3 is 2.19 bits per heavy atom. The molecule has 0 radical (unpaired) electrons. The summed E-state index contributed by atoms with van der Waals surface area (Å²) in [6.45, 7) is 7.87. The topological polar surface area (TPSA) is 96.0 Å². The van der Waals surface area contributed by atoms with Crippen LogP contribution in [0.15, 0.2) is 0 Å². The van der Waals surface area contributed by atoms with Crippen molar-refractivity contribution in [3.8, 4) is 0 Å². The van der Waals surface area contributed by atoms with E-state index in [0.717, 1.165) is 42.2 Å². The van der Waals surface area contributed by atoms with E-state index in [1.54, 1.807) is 0 Å². The van der Waals surface area contributed by atoms with Crippen LogP contribution in [-0.4, -0.2) is 44.3 Å². The molecule has 0 aliphatic carbocycles. The fourth-order valence-electron chi connectivity index (χ4n) is 1.79. The van der Waals surface area contributed by atoms with E-state index in [1.165, 1.54) is 0 Å². The molecule has 0 atom stereocenters. The van der Waals surface area contributed by atoms with E-state index in [9.17, 15) is 8.42 Å². The number of anilines is 2. The number of aryl methyl sites for hydroxylation is 1. The standard InChI is InChI=1S/C13H25N5O2S/c1-5-11-17-12(14-6-2)10(3)13(18-11)15-8-7-9-16-21(4,19)20/h16H,5-9H2,1-4H3,(H2,14,15,17,18). The van der Waals surface area contributed by atoms with Gasteiger partial charge in [0.05, 0.1) is 6.26 Å². The third-order valence-electron chi connectivity index (χ3n) is 2.86. The summed E-state index contributed by atoms with van der Waals surface area (Å²) in [5, 5.41) is 6.48. The van der Waals surface area contributed by atoms with E-state index < -0.39 is 10.0 Å². The average Bonchev–Trinajstić information content (AvgIpc) is 2.41. The summed E-state index contributed by atoms with van der Waals surface area (Å²) >= 11 is 0. The third kappa shape index (κ3) is 6.26. The Kier molecular flexibility index (Phi) is 6.83. The minimum Gasteiger partial charge on any atom is -0.370 e. The van der Waals surface area contributed by atoms with Crippen molar-refractivity contribution < 1.29 is 8.42 Å². The molecular weight excluding hydrogens is 290 g/mol. The molecule has 0 bridgehead atoms. The van der Waals surface area contributed by atoms with Crippen LogP contribution in [0.4, 0.5) is 11.6 Å². The molecule has 1 heterocycles. The normalized spacial score (nSPS) is 11.4. The van der Waals surface area contributed by atoms with Gasteiger partial charge in [-0.1, -0.05) is 6.92 Å². The second kappa shape index (κ2) is 8.14.